The number of hydrogen-bond acceptors (Lipinski definition) is 4. The molecule has 1 amide bonds. The minimum absolute atomic E-state index is 0.0387. The fourth-order valence-corrected chi connectivity index (χ4v) is 1.67. The van der Waals surface area contributed by atoms with Gasteiger partial charge in [-0.2, -0.15) is 0 Å². The van der Waals surface area contributed by atoms with Crippen molar-refractivity contribution in [3.8, 4) is 11.5 Å². The van der Waals surface area contributed by atoms with Gasteiger partial charge in [0.15, 0.2) is 0 Å². The summed E-state index contributed by atoms with van der Waals surface area (Å²) in [4.78, 5) is 13.5. The molecule has 5 nitrogen and oxygen atoms in total. The third-order valence-electron chi connectivity index (χ3n) is 2.89. The third kappa shape index (κ3) is 4.64. The lowest BCUT2D eigenvalue weighted by Crippen LogP contribution is -2.31. The van der Waals surface area contributed by atoms with E-state index in [2.05, 4.69) is 5.32 Å². The van der Waals surface area contributed by atoms with Crippen molar-refractivity contribution in [3.63, 3.8) is 0 Å². The van der Waals surface area contributed by atoms with Crippen LogP contribution in [0, 0.1) is 0 Å². The molecule has 20 heavy (non-hydrogen) atoms. The van der Waals surface area contributed by atoms with Crippen LogP contribution >= 0.6 is 0 Å². The third-order valence-corrected chi connectivity index (χ3v) is 2.89. The van der Waals surface area contributed by atoms with Gasteiger partial charge in [0.2, 0.25) is 5.91 Å². The largest absolute Gasteiger partial charge is 0.494 e. The van der Waals surface area contributed by atoms with Gasteiger partial charge in [-0.15, -0.1) is 0 Å². The predicted octanol–water partition coefficient (Wildman–Crippen LogP) is 2.37. The molecule has 0 spiro atoms. The summed E-state index contributed by atoms with van der Waals surface area (Å²) in [6.45, 7) is 7.91. The maximum Gasteiger partial charge on any atom is 0.241 e. The first kappa shape index (κ1) is 16.1. The lowest BCUT2D eigenvalue weighted by molar-refractivity contribution is -0.127. The van der Waals surface area contributed by atoms with E-state index in [4.69, 9.17) is 9.47 Å². The maximum atomic E-state index is 11.8. The molecule has 0 aromatic heterocycles. The van der Waals surface area contributed by atoms with Crippen molar-refractivity contribution in [3.05, 3.63) is 18.2 Å². The molecule has 0 aliphatic heterocycles. The van der Waals surface area contributed by atoms with Crippen molar-refractivity contribution in [1.82, 2.24) is 4.90 Å². The number of anilines is 1. The Labute approximate surface area is 120 Å². The Bertz CT molecular complexity index is 435. The second kappa shape index (κ2) is 8.30. The van der Waals surface area contributed by atoms with Crippen LogP contribution in [0.25, 0.3) is 0 Å². The number of nitrogens with zero attached hydrogens (tertiary/aromatic N) is 1. The van der Waals surface area contributed by atoms with E-state index in [-0.39, 0.29) is 12.5 Å². The van der Waals surface area contributed by atoms with Crippen LogP contribution in [0.5, 0.6) is 11.5 Å². The minimum atomic E-state index is 0.0387. The Kier molecular flexibility index (Phi) is 6.70. The van der Waals surface area contributed by atoms with Gasteiger partial charge in [-0.25, -0.2) is 0 Å². The van der Waals surface area contributed by atoms with E-state index in [1.54, 1.807) is 11.9 Å². The van der Waals surface area contributed by atoms with E-state index in [0.717, 1.165) is 17.2 Å². The average Bonchev–Trinajstić information content (AvgIpc) is 2.46. The molecule has 0 saturated heterocycles. The zero-order valence-electron chi connectivity index (χ0n) is 12.7. The molecule has 0 unspecified atom stereocenters. The van der Waals surface area contributed by atoms with Gasteiger partial charge >= 0.3 is 0 Å². The second-order valence-electron chi connectivity index (χ2n) is 4.29. The van der Waals surface area contributed by atoms with Crippen LogP contribution in [0.2, 0.25) is 0 Å². The van der Waals surface area contributed by atoms with E-state index in [0.29, 0.717) is 19.8 Å². The van der Waals surface area contributed by atoms with Crippen molar-refractivity contribution in [1.29, 1.82) is 0 Å². The molecular formula is C15H24N2O3. The zero-order chi connectivity index (χ0) is 15.0. The quantitative estimate of drug-likeness (QED) is 0.794. The first-order valence-corrected chi connectivity index (χ1v) is 6.99. The van der Waals surface area contributed by atoms with Gasteiger partial charge in [-0.05, 0) is 32.9 Å². The van der Waals surface area contributed by atoms with Gasteiger partial charge in [-0.3, -0.25) is 4.79 Å². The Hall–Kier alpha value is -1.91. The average molecular weight is 280 g/mol. The summed E-state index contributed by atoms with van der Waals surface area (Å²) in [6.07, 6.45) is 0. The summed E-state index contributed by atoms with van der Waals surface area (Å²) in [6, 6.07) is 5.57. The maximum absolute atomic E-state index is 11.8. The number of benzene rings is 1. The smallest absolute Gasteiger partial charge is 0.241 e. The van der Waals surface area contributed by atoms with Crippen molar-refractivity contribution in [2.24, 2.45) is 0 Å². The number of carbonyl (C=O) groups excluding carboxylic acids is 1. The van der Waals surface area contributed by atoms with E-state index in [1.165, 1.54) is 0 Å². The normalized spacial score (nSPS) is 10.0. The molecule has 0 atom stereocenters. The molecule has 0 fully saturated rings. The number of likely N-dealkylation sites (N-methyl/N-ethyl adjacent to an activating group) is 1. The molecule has 0 heterocycles. The van der Waals surface area contributed by atoms with Crippen LogP contribution in [-0.2, 0) is 4.79 Å². The summed E-state index contributed by atoms with van der Waals surface area (Å²) < 4.78 is 11.0. The molecule has 1 aromatic carbocycles. The van der Waals surface area contributed by atoms with Crippen LogP contribution in [0.15, 0.2) is 18.2 Å². The Morgan fingerprint density at radius 2 is 1.90 bits per heavy atom. The Morgan fingerprint density at radius 1 is 1.20 bits per heavy atom. The molecule has 0 bridgehead atoms. The van der Waals surface area contributed by atoms with Crippen molar-refractivity contribution in [2.75, 3.05) is 38.7 Å². The molecule has 0 aliphatic rings. The van der Waals surface area contributed by atoms with Gasteiger partial charge in [-0.1, -0.05) is 0 Å². The number of ether oxygens (including phenoxy) is 2. The Morgan fingerprint density at radius 3 is 2.50 bits per heavy atom. The summed E-state index contributed by atoms with van der Waals surface area (Å²) in [7, 11) is 1.78. The fourth-order valence-electron chi connectivity index (χ4n) is 1.67. The summed E-state index contributed by atoms with van der Waals surface area (Å²) in [5.41, 5.74) is 0.774. The number of rotatable bonds is 8. The fraction of sp³-hybridized carbons (Fsp3) is 0.533. The van der Waals surface area contributed by atoms with Gasteiger partial charge in [0, 0.05) is 19.7 Å². The molecule has 1 rings (SSSR count). The van der Waals surface area contributed by atoms with Crippen molar-refractivity contribution >= 4 is 11.6 Å². The monoisotopic (exact) mass is 280 g/mol. The van der Waals surface area contributed by atoms with E-state index in [9.17, 15) is 4.79 Å². The molecular weight excluding hydrogens is 256 g/mol. The molecule has 0 radical (unpaired) electrons. The highest BCUT2D eigenvalue weighted by Gasteiger charge is 2.10. The molecule has 0 aliphatic carbocycles. The zero-order valence-corrected chi connectivity index (χ0v) is 12.7. The second-order valence-corrected chi connectivity index (χ2v) is 4.29. The molecule has 1 N–H and O–H groups in total. The molecule has 0 saturated carbocycles. The van der Waals surface area contributed by atoms with E-state index >= 15 is 0 Å². The van der Waals surface area contributed by atoms with Crippen LogP contribution in [0.4, 0.5) is 5.69 Å². The van der Waals surface area contributed by atoms with Crippen molar-refractivity contribution < 1.29 is 14.3 Å². The number of hydrogen-bond donors (Lipinski definition) is 1. The number of amides is 1. The standard InChI is InChI=1S/C15H24N2O3/c1-5-17(4)15(18)11-16-13-10-12(19-6-2)8-9-14(13)20-7-3/h8-10,16H,5-7,11H2,1-4H3. The van der Waals surface area contributed by atoms with E-state index < -0.39 is 0 Å². The van der Waals surface area contributed by atoms with Gasteiger partial charge in [0.05, 0.1) is 25.4 Å². The van der Waals surface area contributed by atoms with Crippen molar-refractivity contribution in [2.45, 2.75) is 20.8 Å². The highest BCUT2D eigenvalue weighted by molar-refractivity contribution is 5.81. The SMILES string of the molecule is CCOc1ccc(OCC)c(NCC(=O)N(C)CC)c1. The van der Waals surface area contributed by atoms with Gasteiger partial charge in [0.25, 0.3) is 0 Å². The van der Waals surface area contributed by atoms with Crippen LogP contribution < -0.4 is 14.8 Å². The number of nitrogens with one attached hydrogen (secondary N) is 1. The molecule has 5 heteroatoms. The summed E-state index contributed by atoms with van der Waals surface area (Å²) in [5.74, 6) is 1.52. The predicted molar refractivity (Wildman–Crippen MR) is 80.6 cm³/mol. The van der Waals surface area contributed by atoms with Gasteiger partial charge < -0.3 is 19.7 Å². The summed E-state index contributed by atoms with van der Waals surface area (Å²) >= 11 is 0. The lowest BCUT2D eigenvalue weighted by atomic mass is 10.2. The highest BCUT2D eigenvalue weighted by Crippen LogP contribution is 2.29. The topological polar surface area (TPSA) is 50.8 Å². The Balaban J connectivity index is 2.78. The summed E-state index contributed by atoms with van der Waals surface area (Å²) in [5, 5.41) is 3.12. The van der Waals surface area contributed by atoms with Crippen LogP contribution in [0.1, 0.15) is 20.8 Å². The number of carbonyl (C=O) groups is 1. The van der Waals surface area contributed by atoms with Gasteiger partial charge in [0.1, 0.15) is 11.5 Å². The minimum Gasteiger partial charge on any atom is -0.494 e. The molecule has 1 aromatic rings. The van der Waals surface area contributed by atoms with E-state index in [1.807, 2.05) is 39.0 Å². The lowest BCUT2D eigenvalue weighted by Gasteiger charge is -2.17. The van der Waals surface area contributed by atoms with Crippen LogP contribution in [-0.4, -0.2) is 44.2 Å². The first-order chi connectivity index (χ1) is 9.62. The highest BCUT2D eigenvalue weighted by atomic mass is 16.5. The molecule has 112 valence electrons. The first-order valence-electron chi connectivity index (χ1n) is 6.99. The van der Waals surface area contributed by atoms with Crippen LogP contribution in [0.3, 0.4) is 0 Å².